The fraction of sp³-hybridized carbons (Fsp3) is 0.286. The molecule has 4 rings (SSSR count). The lowest BCUT2D eigenvalue weighted by Gasteiger charge is -2.04. The molecule has 2 N–H and O–H groups in total. The van der Waals surface area contributed by atoms with Crippen molar-refractivity contribution in [3.8, 4) is 11.1 Å². The molecular weight excluding hydrogens is 462 g/mol. The Morgan fingerprint density at radius 3 is 2.67 bits per heavy atom. The Hall–Kier alpha value is -3.38. The molecule has 0 radical (unpaired) electrons. The summed E-state index contributed by atoms with van der Waals surface area (Å²) < 4.78 is 24.6. The first-order chi connectivity index (χ1) is 15.7. The highest BCUT2D eigenvalue weighted by Gasteiger charge is 2.12. The number of tetrazole rings is 1. The van der Waals surface area contributed by atoms with Gasteiger partial charge in [0.15, 0.2) is 20.8 Å². The van der Waals surface area contributed by atoms with Gasteiger partial charge in [-0.2, -0.15) is 4.80 Å². The number of rotatable bonds is 7. The number of amides is 2. The van der Waals surface area contributed by atoms with E-state index in [1.54, 1.807) is 18.2 Å². The Morgan fingerprint density at radius 2 is 1.94 bits per heavy atom. The number of aromatic nitrogens is 5. The van der Waals surface area contributed by atoms with Crippen LogP contribution in [-0.4, -0.2) is 52.4 Å². The van der Waals surface area contributed by atoms with Crippen LogP contribution in [0.5, 0.6) is 0 Å². The second kappa shape index (κ2) is 9.24. The van der Waals surface area contributed by atoms with Gasteiger partial charge in [0, 0.05) is 19.2 Å². The molecule has 4 aromatic rings. The molecule has 2 heterocycles. The lowest BCUT2D eigenvalue weighted by Crippen LogP contribution is -2.30. The molecule has 0 spiro atoms. The van der Waals surface area contributed by atoms with E-state index in [2.05, 4.69) is 31.0 Å². The molecule has 0 saturated heterocycles. The van der Waals surface area contributed by atoms with Crippen LogP contribution in [0.15, 0.2) is 47.4 Å². The number of hydrogen-bond acceptors (Lipinski definition) is 8. The van der Waals surface area contributed by atoms with Crippen LogP contribution in [0, 0.1) is 0 Å². The third-order valence-electron chi connectivity index (χ3n) is 4.77. The minimum Gasteiger partial charge on any atom is -0.337 e. The first kappa shape index (κ1) is 22.8. The molecule has 172 valence electrons. The zero-order valence-electron chi connectivity index (χ0n) is 18.3. The molecular formula is C21H23N7O3S2. The number of nitrogens with zero attached hydrogens (tertiary/aromatic N) is 5. The zero-order valence-corrected chi connectivity index (χ0v) is 19.9. The molecule has 10 nitrogen and oxygen atoms in total. The topological polar surface area (TPSA) is 132 Å². The van der Waals surface area contributed by atoms with Crippen LogP contribution < -0.4 is 10.6 Å². The Balaban J connectivity index is 1.40. The van der Waals surface area contributed by atoms with Gasteiger partial charge >= 0.3 is 6.03 Å². The Morgan fingerprint density at radius 1 is 1.15 bits per heavy atom. The van der Waals surface area contributed by atoms with Crippen molar-refractivity contribution in [3.05, 3.63) is 48.3 Å². The van der Waals surface area contributed by atoms with E-state index >= 15 is 0 Å². The highest BCUT2D eigenvalue weighted by molar-refractivity contribution is 7.90. The number of fused-ring (bicyclic) bond motifs is 1. The highest BCUT2D eigenvalue weighted by Crippen LogP contribution is 2.31. The molecule has 2 aromatic heterocycles. The molecule has 2 amide bonds. The summed E-state index contributed by atoms with van der Waals surface area (Å²) >= 11 is 1.34. The molecule has 0 saturated carbocycles. The van der Waals surface area contributed by atoms with Crippen molar-refractivity contribution < 1.29 is 13.2 Å². The Labute approximate surface area is 195 Å². The first-order valence-electron chi connectivity index (χ1n) is 10.2. The lowest BCUT2D eigenvalue weighted by atomic mass is 10.1. The third kappa shape index (κ3) is 5.52. The molecule has 0 aliphatic carbocycles. The second-order valence-corrected chi connectivity index (χ2v) is 10.8. The minimum absolute atomic E-state index is 0.130. The zero-order chi connectivity index (χ0) is 23.6. The van der Waals surface area contributed by atoms with Crippen molar-refractivity contribution in [1.82, 2.24) is 30.5 Å². The minimum atomic E-state index is -3.29. The van der Waals surface area contributed by atoms with Crippen molar-refractivity contribution in [3.63, 3.8) is 0 Å². The standard InChI is InChI=1S/C21H23N7O3S2/c1-13(2)28-26-19(25-27-28)9-10-22-20(29)24-21-23-17-8-7-15(12-18(17)32-21)14-5-4-6-16(11-14)33(3,30)31/h4-8,11-13H,9-10H2,1-3H3,(H2,22,23,24,29). The smallest absolute Gasteiger partial charge is 0.321 e. The van der Waals surface area contributed by atoms with E-state index in [0.717, 1.165) is 21.3 Å². The first-order valence-corrected chi connectivity index (χ1v) is 12.9. The van der Waals surface area contributed by atoms with Crippen LogP contribution >= 0.6 is 11.3 Å². The summed E-state index contributed by atoms with van der Waals surface area (Å²) in [5.74, 6) is 0.566. The number of sulfone groups is 1. The number of anilines is 1. The highest BCUT2D eigenvalue weighted by atomic mass is 32.2. The largest absolute Gasteiger partial charge is 0.337 e. The molecule has 0 bridgehead atoms. The Kier molecular flexibility index (Phi) is 6.38. The maximum Gasteiger partial charge on any atom is 0.321 e. The normalized spacial score (nSPS) is 11.8. The van der Waals surface area contributed by atoms with Crippen LogP contribution in [0.1, 0.15) is 25.7 Å². The van der Waals surface area contributed by atoms with Crippen LogP contribution in [0.25, 0.3) is 21.3 Å². The van der Waals surface area contributed by atoms with Gasteiger partial charge in [0.2, 0.25) is 0 Å². The number of benzene rings is 2. The van der Waals surface area contributed by atoms with Gasteiger partial charge in [0.25, 0.3) is 0 Å². The third-order valence-corrected chi connectivity index (χ3v) is 6.81. The van der Waals surface area contributed by atoms with E-state index in [0.29, 0.717) is 23.9 Å². The average molecular weight is 486 g/mol. The van der Waals surface area contributed by atoms with E-state index in [1.807, 2.05) is 38.1 Å². The van der Waals surface area contributed by atoms with E-state index in [4.69, 9.17) is 0 Å². The summed E-state index contributed by atoms with van der Waals surface area (Å²) in [4.78, 5) is 18.5. The monoisotopic (exact) mass is 485 g/mol. The van der Waals surface area contributed by atoms with Gasteiger partial charge in [-0.05, 0) is 54.5 Å². The van der Waals surface area contributed by atoms with Gasteiger partial charge in [-0.3, -0.25) is 5.32 Å². The molecule has 0 aliphatic heterocycles. The van der Waals surface area contributed by atoms with E-state index in [-0.39, 0.29) is 17.0 Å². The lowest BCUT2D eigenvalue weighted by molar-refractivity contribution is 0.252. The van der Waals surface area contributed by atoms with E-state index in [9.17, 15) is 13.2 Å². The SMILES string of the molecule is CC(C)n1nnc(CCNC(=O)Nc2nc3ccc(-c4cccc(S(C)(=O)=O)c4)cc3s2)n1. The summed E-state index contributed by atoms with van der Waals surface area (Å²) in [5, 5.41) is 18.2. The number of carbonyl (C=O) groups excluding carboxylic acids is 1. The molecule has 12 heteroatoms. The molecule has 0 aliphatic rings. The predicted octanol–water partition coefficient (Wildman–Crippen LogP) is 3.30. The van der Waals surface area contributed by atoms with E-state index < -0.39 is 9.84 Å². The fourth-order valence-corrected chi connectivity index (χ4v) is 4.63. The molecule has 0 unspecified atom stereocenters. The summed E-state index contributed by atoms with van der Waals surface area (Å²) in [6.45, 7) is 4.29. The number of thiazole rings is 1. The van der Waals surface area contributed by atoms with Crippen molar-refractivity contribution in [2.75, 3.05) is 18.1 Å². The van der Waals surface area contributed by atoms with Crippen molar-refractivity contribution >= 4 is 42.6 Å². The van der Waals surface area contributed by atoms with Gasteiger partial charge in [-0.15, -0.1) is 10.2 Å². The maximum absolute atomic E-state index is 12.2. The van der Waals surface area contributed by atoms with Gasteiger partial charge in [0.1, 0.15) is 0 Å². The van der Waals surface area contributed by atoms with Crippen LogP contribution in [0.3, 0.4) is 0 Å². The van der Waals surface area contributed by atoms with Crippen molar-refractivity contribution in [1.29, 1.82) is 0 Å². The quantitative estimate of drug-likeness (QED) is 0.410. The van der Waals surface area contributed by atoms with Crippen molar-refractivity contribution in [2.45, 2.75) is 31.2 Å². The van der Waals surface area contributed by atoms with E-state index in [1.165, 1.54) is 22.4 Å². The summed E-state index contributed by atoms with van der Waals surface area (Å²) in [7, 11) is -3.29. The fourth-order valence-electron chi connectivity index (χ4n) is 3.07. The molecule has 0 atom stereocenters. The summed E-state index contributed by atoms with van der Waals surface area (Å²) in [6, 6.07) is 12.2. The molecule has 2 aromatic carbocycles. The number of urea groups is 1. The van der Waals surface area contributed by atoms with Gasteiger partial charge in [0.05, 0.1) is 21.2 Å². The molecule has 33 heavy (non-hydrogen) atoms. The van der Waals surface area contributed by atoms with Crippen molar-refractivity contribution in [2.24, 2.45) is 0 Å². The van der Waals surface area contributed by atoms with Crippen LogP contribution in [-0.2, 0) is 16.3 Å². The molecule has 0 fully saturated rings. The second-order valence-electron chi connectivity index (χ2n) is 7.75. The number of nitrogens with one attached hydrogen (secondary N) is 2. The maximum atomic E-state index is 12.2. The number of carbonyl (C=O) groups is 1. The Bertz CT molecular complexity index is 1410. The summed E-state index contributed by atoms with van der Waals surface area (Å²) in [6.07, 6.45) is 1.66. The average Bonchev–Trinajstić information content (AvgIpc) is 3.39. The summed E-state index contributed by atoms with van der Waals surface area (Å²) in [5.41, 5.74) is 2.41. The van der Waals surface area contributed by atoms with Crippen LogP contribution in [0.4, 0.5) is 9.93 Å². The van der Waals surface area contributed by atoms with Gasteiger partial charge in [-0.1, -0.05) is 29.5 Å². The van der Waals surface area contributed by atoms with Gasteiger partial charge in [-0.25, -0.2) is 18.2 Å². The predicted molar refractivity (Wildman–Crippen MR) is 127 cm³/mol. The van der Waals surface area contributed by atoms with Crippen LogP contribution in [0.2, 0.25) is 0 Å². The van der Waals surface area contributed by atoms with Gasteiger partial charge < -0.3 is 5.32 Å². The number of hydrogen-bond donors (Lipinski definition) is 2.